The van der Waals surface area contributed by atoms with E-state index in [4.69, 9.17) is 4.74 Å². The van der Waals surface area contributed by atoms with Crippen molar-refractivity contribution in [1.29, 1.82) is 0 Å². The standard InChI is InChI=1S/C19H18O3/c1-11-17-8-15(22-2)5-6-16(17)18(21)19(11)9-12-3-4-14(20)7-13(12)10-19/h3-8,11,20H,9-10H2,1-2H3. The number of rotatable bonds is 1. The van der Waals surface area contributed by atoms with E-state index in [0.717, 1.165) is 28.9 Å². The lowest BCUT2D eigenvalue weighted by Crippen LogP contribution is -2.31. The van der Waals surface area contributed by atoms with Gasteiger partial charge >= 0.3 is 0 Å². The molecule has 0 fully saturated rings. The van der Waals surface area contributed by atoms with Crippen LogP contribution in [0.25, 0.3) is 0 Å². The normalized spacial score (nSPS) is 25.4. The average Bonchev–Trinajstić information content (AvgIpc) is 3.00. The van der Waals surface area contributed by atoms with Crippen LogP contribution >= 0.6 is 0 Å². The summed E-state index contributed by atoms with van der Waals surface area (Å²) in [7, 11) is 1.65. The lowest BCUT2D eigenvalue weighted by molar-refractivity contribution is 0.0802. The first kappa shape index (κ1) is 13.4. The van der Waals surface area contributed by atoms with Gasteiger partial charge in [-0.15, -0.1) is 0 Å². The molecule has 4 rings (SSSR count). The molecule has 2 unspecified atom stereocenters. The number of benzene rings is 2. The third-order valence-electron chi connectivity index (χ3n) is 5.45. The molecule has 0 aliphatic heterocycles. The van der Waals surface area contributed by atoms with Crippen LogP contribution in [0.2, 0.25) is 0 Å². The molecule has 112 valence electrons. The first-order valence-electron chi connectivity index (χ1n) is 7.59. The smallest absolute Gasteiger partial charge is 0.170 e. The molecule has 0 radical (unpaired) electrons. The van der Waals surface area contributed by atoms with Crippen molar-refractivity contribution >= 4 is 5.78 Å². The SMILES string of the molecule is COc1ccc2c(c1)C(C)C1(Cc3ccc(O)cc3C1)C2=O. The number of ketones is 1. The Balaban J connectivity index is 1.81. The van der Waals surface area contributed by atoms with E-state index in [1.165, 1.54) is 5.56 Å². The highest BCUT2D eigenvalue weighted by Crippen LogP contribution is 2.55. The minimum atomic E-state index is -0.398. The van der Waals surface area contributed by atoms with Crippen LogP contribution < -0.4 is 4.74 Å². The van der Waals surface area contributed by atoms with Gasteiger partial charge in [-0.3, -0.25) is 4.79 Å². The Bertz CT molecular complexity index is 793. The van der Waals surface area contributed by atoms with Crippen LogP contribution in [0.5, 0.6) is 11.5 Å². The summed E-state index contributed by atoms with van der Waals surface area (Å²) >= 11 is 0. The summed E-state index contributed by atoms with van der Waals surface area (Å²) in [5, 5.41) is 9.70. The highest BCUT2D eigenvalue weighted by Gasteiger charge is 2.53. The summed E-state index contributed by atoms with van der Waals surface area (Å²) < 4.78 is 5.31. The van der Waals surface area contributed by atoms with Gasteiger partial charge in [-0.2, -0.15) is 0 Å². The summed E-state index contributed by atoms with van der Waals surface area (Å²) in [5.41, 5.74) is 3.79. The maximum atomic E-state index is 13.1. The minimum absolute atomic E-state index is 0.152. The molecule has 2 aliphatic rings. The van der Waals surface area contributed by atoms with Gasteiger partial charge in [0.05, 0.1) is 7.11 Å². The highest BCUT2D eigenvalue weighted by atomic mass is 16.5. The topological polar surface area (TPSA) is 46.5 Å². The van der Waals surface area contributed by atoms with Crippen molar-refractivity contribution in [2.45, 2.75) is 25.7 Å². The van der Waals surface area contributed by atoms with Crippen molar-refractivity contribution in [3.05, 3.63) is 58.7 Å². The number of hydrogen-bond donors (Lipinski definition) is 1. The quantitative estimate of drug-likeness (QED) is 0.876. The molecule has 0 amide bonds. The lowest BCUT2D eigenvalue weighted by Gasteiger charge is -2.27. The molecule has 0 saturated carbocycles. The molecule has 0 heterocycles. The van der Waals surface area contributed by atoms with E-state index in [1.54, 1.807) is 19.2 Å². The van der Waals surface area contributed by atoms with Crippen molar-refractivity contribution in [2.24, 2.45) is 5.41 Å². The van der Waals surface area contributed by atoms with Gasteiger partial charge in [-0.05, 0) is 65.8 Å². The molecule has 0 bridgehead atoms. The third kappa shape index (κ3) is 1.59. The number of Topliss-reactive ketones (excluding diaryl/α,β-unsaturated/α-hetero) is 1. The second-order valence-corrected chi connectivity index (χ2v) is 6.47. The van der Waals surface area contributed by atoms with Gasteiger partial charge in [-0.1, -0.05) is 13.0 Å². The van der Waals surface area contributed by atoms with E-state index >= 15 is 0 Å². The fourth-order valence-electron chi connectivity index (χ4n) is 4.15. The van der Waals surface area contributed by atoms with Gasteiger partial charge in [0.25, 0.3) is 0 Å². The van der Waals surface area contributed by atoms with E-state index in [9.17, 15) is 9.90 Å². The Morgan fingerprint density at radius 1 is 1.14 bits per heavy atom. The predicted molar refractivity (Wildman–Crippen MR) is 83.7 cm³/mol. The summed E-state index contributed by atoms with van der Waals surface area (Å²) in [5.74, 6) is 1.45. The van der Waals surface area contributed by atoms with E-state index in [0.29, 0.717) is 6.42 Å². The third-order valence-corrected chi connectivity index (χ3v) is 5.45. The zero-order chi connectivity index (χ0) is 15.5. The number of fused-ring (bicyclic) bond motifs is 2. The van der Waals surface area contributed by atoms with Crippen LogP contribution in [0.15, 0.2) is 36.4 Å². The van der Waals surface area contributed by atoms with Gasteiger partial charge < -0.3 is 9.84 Å². The van der Waals surface area contributed by atoms with Crippen LogP contribution in [0.1, 0.15) is 39.9 Å². The van der Waals surface area contributed by atoms with Crippen molar-refractivity contribution in [3.63, 3.8) is 0 Å². The Morgan fingerprint density at radius 2 is 1.91 bits per heavy atom. The van der Waals surface area contributed by atoms with E-state index in [1.807, 2.05) is 24.3 Å². The molecule has 2 aliphatic carbocycles. The van der Waals surface area contributed by atoms with Gasteiger partial charge in [0.1, 0.15) is 11.5 Å². The van der Waals surface area contributed by atoms with E-state index in [-0.39, 0.29) is 17.5 Å². The van der Waals surface area contributed by atoms with Crippen LogP contribution in [-0.2, 0) is 12.8 Å². The van der Waals surface area contributed by atoms with Crippen molar-refractivity contribution in [3.8, 4) is 11.5 Å². The fourth-order valence-corrected chi connectivity index (χ4v) is 4.15. The van der Waals surface area contributed by atoms with Crippen LogP contribution in [0.3, 0.4) is 0 Å². The zero-order valence-electron chi connectivity index (χ0n) is 12.7. The summed E-state index contributed by atoms with van der Waals surface area (Å²) in [6.45, 7) is 2.13. The number of hydrogen-bond acceptors (Lipinski definition) is 3. The molecular weight excluding hydrogens is 276 g/mol. The molecule has 0 saturated heterocycles. The van der Waals surface area contributed by atoms with Crippen molar-refractivity contribution < 1.29 is 14.6 Å². The molecule has 2 atom stereocenters. The summed E-state index contributed by atoms with van der Waals surface area (Å²) in [4.78, 5) is 13.1. The van der Waals surface area contributed by atoms with E-state index in [2.05, 4.69) is 6.92 Å². The first-order chi connectivity index (χ1) is 10.5. The maximum absolute atomic E-state index is 13.1. The van der Waals surface area contributed by atoms with Crippen LogP contribution in [0, 0.1) is 5.41 Å². The first-order valence-corrected chi connectivity index (χ1v) is 7.59. The Labute approximate surface area is 129 Å². The zero-order valence-corrected chi connectivity index (χ0v) is 12.7. The number of phenols is 1. The summed E-state index contributed by atoms with van der Waals surface area (Å²) in [6, 6.07) is 11.2. The number of ether oxygens (including phenoxy) is 1. The van der Waals surface area contributed by atoms with Crippen molar-refractivity contribution in [2.75, 3.05) is 7.11 Å². The molecule has 3 heteroatoms. The molecule has 22 heavy (non-hydrogen) atoms. The molecule has 1 spiro atoms. The average molecular weight is 294 g/mol. The Kier molecular flexibility index (Phi) is 2.65. The van der Waals surface area contributed by atoms with Gasteiger partial charge in [-0.25, -0.2) is 0 Å². The number of carbonyl (C=O) groups excluding carboxylic acids is 1. The monoisotopic (exact) mass is 294 g/mol. The van der Waals surface area contributed by atoms with Crippen LogP contribution in [0.4, 0.5) is 0 Å². The largest absolute Gasteiger partial charge is 0.508 e. The molecule has 3 nitrogen and oxygen atoms in total. The summed E-state index contributed by atoms with van der Waals surface area (Å²) in [6.07, 6.45) is 1.45. The molecule has 0 aromatic heterocycles. The number of methoxy groups -OCH3 is 1. The molecule has 1 N–H and O–H groups in total. The molecule has 2 aromatic carbocycles. The lowest BCUT2D eigenvalue weighted by atomic mass is 9.74. The Morgan fingerprint density at radius 3 is 2.68 bits per heavy atom. The second kappa shape index (κ2) is 4.35. The maximum Gasteiger partial charge on any atom is 0.170 e. The van der Waals surface area contributed by atoms with Crippen LogP contribution in [-0.4, -0.2) is 18.0 Å². The molecular formula is C19H18O3. The molecule has 2 aromatic rings. The number of aromatic hydroxyl groups is 1. The predicted octanol–water partition coefficient (Wildman–Crippen LogP) is 3.49. The fraction of sp³-hybridized carbons (Fsp3) is 0.316. The van der Waals surface area contributed by atoms with Gasteiger partial charge in [0, 0.05) is 11.0 Å². The van der Waals surface area contributed by atoms with E-state index < -0.39 is 5.41 Å². The van der Waals surface area contributed by atoms with Crippen molar-refractivity contribution in [1.82, 2.24) is 0 Å². The number of carbonyl (C=O) groups is 1. The Hall–Kier alpha value is -2.29. The second-order valence-electron chi connectivity index (χ2n) is 6.47. The van der Waals surface area contributed by atoms with Gasteiger partial charge in [0.15, 0.2) is 5.78 Å². The van der Waals surface area contributed by atoms with Gasteiger partial charge in [0.2, 0.25) is 0 Å². The number of phenolic OH excluding ortho intramolecular Hbond substituents is 1. The minimum Gasteiger partial charge on any atom is -0.508 e. The highest BCUT2D eigenvalue weighted by molar-refractivity contribution is 6.06.